The number of benzene rings is 3. The number of carbonyl (C=O) groups excluding carboxylic acids is 1. The van der Waals surface area contributed by atoms with Crippen molar-refractivity contribution in [2.75, 3.05) is 4.90 Å². The van der Waals surface area contributed by atoms with Gasteiger partial charge in [0, 0.05) is 16.8 Å². The van der Waals surface area contributed by atoms with Gasteiger partial charge in [0.1, 0.15) is 5.69 Å². The van der Waals surface area contributed by atoms with Crippen molar-refractivity contribution in [2.45, 2.75) is 12.2 Å². The van der Waals surface area contributed by atoms with Crippen molar-refractivity contribution in [3.63, 3.8) is 0 Å². The number of hydrogen-bond acceptors (Lipinski definition) is 2. The fourth-order valence-electron chi connectivity index (χ4n) is 4.02. The van der Waals surface area contributed by atoms with Crippen LogP contribution in [-0.2, 0) is 6.18 Å². The molecule has 1 aliphatic rings. The largest absolute Gasteiger partial charge is 0.416 e. The Bertz CT molecular complexity index is 1250. The van der Waals surface area contributed by atoms with Crippen LogP contribution in [0.1, 0.15) is 33.2 Å². The number of aromatic nitrogens is 2. The molecule has 7 heteroatoms. The molecule has 1 aromatic heterocycles. The number of amides is 1. The van der Waals surface area contributed by atoms with Gasteiger partial charge in [-0.3, -0.25) is 14.8 Å². The smallest absolute Gasteiger partial charge is 0.295 e. The van der Waals surface area contributed by atoms with Gasteiger partial charge in [0.25, 0.3) is 5.91 Å². The predicted octanol–water partition coefficient (Wildman–Crippen LogP) is 5.85. The van der Waals surface area contributed by atoms with E-state index in [-0.39, 0.29) is 11.6 Å². The molecule has 0 saturated carbocycles. The summed E-state index contributed by atoms with van der Waals surface area (Å²) in [5, 5.41) is 7.15. The van der Waals surface area contributed by atoms with Gasteiger partial charge in [-0.05, 0) is 29.8 Å². The van der Waals surface area contributed by atoms with E-state index in [0.717, 1.165) is 17.7 Å². The Morgan fingerprint density at radius 3 is 2.23 bits per heavy atom. The number of nitrogens with zero attached hydrogens (tertiary/aromatic N) is 2. The van der Waals surface area contributed by atoms with E-state index in [9.17, 15) is 18.0 Å². The minimum Gasteiger partial charge on any atom is -0.295 e. The maximum absolute atomic E-state index is 13.4. The number of hydrogen-bond donors (Lipinski definition) is 1. The highest BCUT2D eigenvalue weighted by atomic mass is 19.4. The first-order valence-corrected chi connectivity index (χ1v) is 9.64. The maximum atomic E-state index is 13.4. The van der Waals surface area contributed by atoms with Crippen LogP contribution in [0.25, 0.3) is 11.3 Å². The molecule has 1 N–H and O–H groups in total. The van der Waals surface area contributed by atoms with Gasteiger partial charge in [0.15, 0.2) is 0 Å². The van der Waals surface area contributed by atoms with E-state index in [4.69, 9.17) is 0 Å². The van der Waals surface area contributed by atoms with Crippen LogP contribution in [0.4, 0.5) is 18.9 Å². The highest BCUT2D eigenvalue weighted by Crippen LogP contribution is 2.45. The fourth-order valence-corrected chi connectivity index (χ4v) is 4.02. The van der Waals surface area contributed by atoms with Crippen molar-refractivity contribution in [3.05, 3.63) is 107 Å². The second-order valence-electron chi connectivity index (χ2n) is 7.26. The second kappa shape index (κ2) is 7.12. The second-order valence-corrected chi connectivity index (χ2v) is 7.26. The van der Waals surface area contributed by atoms with E-state index < -0.39 is 17.8 Å². The quantitative estimate of drug-likeness (QED) is 0.453. The molecule has 1 atom stereocenters. The summed E-state index contributed by atoms with van der Waals surface area (Å²) in [6.07, 6.45) is -4.49. The maximum Gasteiger partial charge on any atom is 0.416 e. The van der Waals surface area contributed by atoms with Crippen molar-refractivity contribution < 1.29 is 18.0 Å². The standard InChI is InChI=1S/C24H16F3N3O/c25-24(26,27)17-11-7-10-16(14-17)22-19-20(15-8-3-1-4-9-15)28-29-21(19)23(31)30(22)18-12-5-2-6-13-18/h1-14,22H,(H,28,29). The first-order chi connectivity index (χ1) is 14.9. The summed E-state index contributed by atoms with van der Waals surface area (Å²) in [4.78, 5) is 14.9. The average molecular weight is 419 g/mol. The van der Waals surface area contributed by atoms with Crippen LogP contribution in [-0.4, -0.2) is 16.1 Å². The lowest BCUT2D eigenvalue weighted by atomic mass is 9.94. The first kappa shape index (κ1) is 19.1. The van der Waals surface area contributed by atoms with Gasteiger partial charge < -0.3 is 0 Å². The van der Waals surface area contributed by atoms with Crippen molar-refractivity contribution in [1.29, 1.82) is 0 Å². The van der Waals surface area contributed by atoms with Crippen LogP contribution >= 0.6 is 0 Å². The van der Waals surface area contributed by atoms with Crippen molar-refractivity contribution >= 4 is 11.6 Å². The van der Waals surface area contributed by atoms with Crippen LogP contribution in [0, 0.1) is 0 Å². The summed E-state index contributed by atoms with van der Waals surface area (Å²) in [6.45, 7) is 0. The van der Waals surface area contributed by atoms with Crippen molar-refractivity contribution in [1.82, 2.24) is 10.2 Å². The van der Waals surface area contributed by atoms with Crippen LogP contribution in [0.2, 0.25) is 0 Å². The summed E-state index contributed by atoms with van der Waals surface area (Å²) in [6, 6.07) is 22.6. The van der Waals surface area contributed by atoms with Crippen LogP contribution < -0.4 is 4.90 Å². The van der Waals surface area contributed by atoms with Gasteiger partial charge in [-0.2, -0.15) is 18.3 Å². The molecule has 4 nitrogen and oxygen atoms in total. The van der Waals surface area contributed by atoms with Gasteiger partial charge in [-0.15, -0.1) is 0 Å². The molecule has 2 heterocycles. The lowest BCUT2D eigenvalue weighted by Crippen LogP contribution is -2.29. The van der Waals surface area contributed by atoms with E-state index >= 15 is 0 Å². The number of fused-ring (bicyclic) bond motifs is 1. The number of alkyl halides is 3. The normalized spacial score (nSPS) is 15.9. The molecule has 0 saturated heterocycles. The number of carbonyl (C=O) groups is 1. The van der Waals surface area contributed by atoms with Crippen LogP contribution in [0.5, 0.6) is 0 Å². The van der Waals surface area contributed by atoms with Gasteiger partial charge in [-0.25, -0.2) is 0 Å². The molecule has 1 aliphatic heterocycles. The van der Waals surface area contributed by atoms with Crippen LogP contribution in [0.3, 0.4) is 0 Å². The molecule has 31 heavy (non-hydrogen) atoms. The molecule has 5 rings (SSSR count). The van der Waals surface area contributed by atoms with E-state index in [1.807, 2.05) is 36.4 Å². The number of anilines is 1. The van der Waals surface area contributed by atoms with E-state index in [2.05, 4.69) is 10.2 Å². The summed E-state index contributed by atoms with van der Waals surface area (Å²) < 4.78 is 40.3. The molecule has 0 fully saturated rings. The third-order valence-corrected chi connectivity index (χ3v) is 5.38. The molecule has 0 bridgehead atoms. The Morgan fingerprint density at radius 2 is 1.55 bits per heavy atom. The lowest BCUT2D eigenvalue weighted by molar-refractivity contribution is -0.137. The SMILES string of the molecule is O=C1c2[nH]nc(-c3ccccc3)c2C(c2cccc(C(F)(F)F)c2)N1c1ccccc1. The lowest BCUT2D eigenvalue weighted by Gasteiger charge is -2.27. The average Bonchev–Trinajstić information content (AvgIpc) is 3.33. The minimum absolute atomic E-state index is 0.283. The zero-order valence-electron chi connectivity index (χ0n) is 16.1. The molecule has 1 unspecified atom stereocenters. The molecule has 1 amide bonds. The van der Waals surface area contributed by atoms with Gasteiger partial charge >= 0.3 is 6.18 Å². The fraction of sp³-hybridized carbons (Fsp3) is 0.0833. The van der Waals surface area contributed by atoms with Gasteiger partial charge in [0.05, 0.1) is 17.3 Å². The van der Waals surface area contributed by atoms with Crippen LogP contribution in [0.15, 0.2) is 84.9 Å². The number of H-pyrrole nitrogens is 1. The highest BCUT2D eigenvalue weighted by molar-refractivity contribution is 6.11. The summed E-state index contributed by atoms with van der Waals surface area (Å²) in [7, 11) is 0. The Labute approximate surface area is 176 Å². The Morgan fingerprint density at radius 1 is 0.871 bits per heavy atom. The highest BCUT2D eigenvalue weighted by Gasteiger charge is 2.43. The van der Waals surface area contributed by atoms with E-state index in [1.165, 1.54) is 11.0 Å². The molecule has 154 valence electrons. The van der Waals surface area contributed by atoms with Gasteiger partial charge in [-0.1, -0.05) is 60.7 Å². The number of nitrogens with one attached hydrogen (secondary N) is 1. The zero-order chi connectivity index (χ0) is 21.6. The molecular formula is C24H16F3N3O. The number of para-hydroxylation sites is 1. The van der Waals surface area contributed by atoms with E-state index in [1.54, 1.807) is 30.3 Å². The zero-order valence-corrected chi connectivity index (χ0v) is 16.1. The summed E-state index contributed by atoms with van der Waals surface area (Å²) in [5.74, 6) is -0.335. The van der Waals surface area contributed by atoms with Crippen molar-refractivity contribution in [2.24, 2.45) is 0 Å². The molecule has 0 spiro atoms. The van der Waals surface area contributed by atoms with Crippen molar-refractivity contribution in [3.8, 4) is 11.3 Å². The Balaban J connectivity index is 1.74. The molecular weight excluding hydrogens is 403 g/mol. The first-order valence-electron chi connectivity index (χ1n) is 9.64. The third kappa shape index (κ3) is 3.18. The molecule has 0 radical (unpaired) electrons. The van der Waals surface area contributed by atoms with Gasteiger partial charge in [0.2, 0.25) is 0 Å². The summed E-state index contributed by atoms with van der Waals surface area (Å²) in [5.41, 5.74) is 2.38. The topological polar surface area (TPSA) is 49.0 Å². The molecule has 4 aromatic rings. The molecule has 0 aliphatic carbocycles. The predicted molar refractivity (Wildman–Crippen MR) is 111 cm³/mol. The van der Waals surface area contributed by atoms with E-state index in [0.29, 0.717) is 22.5 Å². The Kier molecular flexibility index (Phi) is 4.39. The number of aromatic amines is 1. The Hall–Kier alpha value is -3.87. The monoisotopic (exact) mass is 419 g/mol. The number of halogens is 3. The third-order valence-electron chi connectivity index (χ3n) is 5.38. The minimum atomic E-state index is -4.49. The molecule has 3 aromatic carbocycles. The summed E-state index contributed by atoms with van der Waals surface area (Å²) >= 11 is 0. The number of rotatable bonds is 3.